The van der Waals surface area contributed by atoms with Gasteiger partial charge in [0.15, 0.2) is 6.10 Å². The second-order valence-electron chi connectivity index (χ2n) is 9.26. The zero-order valence-corrected chi connectivity index (χ0v) is 21.7. The topological polar surface area (TPSA) is 98.5 Å². The second kappa shape index (κ2) is 22.7. The van der Waals surface area contributed by atoms with E-state index in [1.54, 1.807) is 0 Å². The molecule has 196 valence electrons. The van der Waals surface area contributed by atoms with Crippen molar-refractivity contribution in [3.05, 3.63) is 24.8 Å². The molecule has 0 fully saturated rings. The number of unbranched alkanes of at least 4 members (excludes halogenated alkanes) is 16. The quantitative estimate of drug-likeness (QED) is 0.0968. The van der Waals surface area contributed by atoms with E-state index in [9.17, 15) is 14.4 Å². The van der Waals surface area contributed by atoms with Gasteiger partial charge in [-0.15, -0.1) is 0 Å². The highest BCUT2D eigenvalue weighted by Gasteiger charge is 2.22. The summed E-state index contributed by atoms with van der Waals surface area (Å²) in [6.07, 6.45) is 22.5. The van der Waals surface area contributed by atoms with Gasteiger partial charge in [-0.2, -0.15) is 0 Å². The Morgan fingerprint density at radius 1 is 0.794 bits per heavy atom. The highest BCUT2D eigenvalue weighted by Crippen LogP contribution is 2.15. The number of hydrogen-bond donors (Lipinski definition) is 2. The summed E-state index contributed by atoms with van der Waals surface area (Å²) in [4.78, 5) is 34.7. The number of ether oxygens (including phenoxy) is 1. The number of nitrogens with two attached hydrogens (primary N) is 1. The Hall–Kier alpha value is -2.11. The van der Waals surface area contributed by atoms with E-state index in [0.29, 0.717) is 12.0 Å². The SMILES string of the molecule is C=CC(=O)NCC(OC(=O)C(=C)CCCCCCCCCCCCCCCCCCC)C(N)=O. The highest BCUT2D eigenvalue weighted by molar-refractivity contribution is 5.91. The molecule has 1 unspecified atom stereocenters. The van der Waals surface area contributed by atoms with Crippen LogP contribution in [0.25, 0.3) is 0 Å². The van der Waals surface area contributed by atoms with Crippen molar-refractivity contribution < 1.29 is 19.1 Å². The Morgan fingerprint density at radius 2 is 1.21 bits per heavy atom. The van der Waals surface area contributed by atoms with Gasteiger partial charge in [-0.3, -0.25) is 9.59 Å². The van der Waals surface area contributed by atoms with Crippen LogP contribution in [0.1, 0.15) is 122 Å². The van der Waals surface area contributed by atoms with E-state index in [1.807, 2.05) is 0 Å². The summed E-state index contributed by atoms with van der Waals surface area (Å²) in [6, 6.07) is 0. The Kier molecular flexibility index (Phi) is 21.3. The molecule has 0 heterocycles. The predicted molar refractivity (Wildman–Crippen MR) is 140 cm³/mol. The molecule has 0 aliphatic heterocycles. The lowest BCUT2D eigenvalue weighted by molar-refractivity contribution is -0.151. The van der Waals surface area contributed by atoms with Crippen LogP contribution in [0.3, 0.4) is 0 Å². The number of esters is 1. The van der Waals surface area contributed by atoms with Crippen molar-refractivity contribution in [2.75, 3.05) is 6.54 Å². The summed E-state index contributed by atoms with van der Waals surface area (Å²) in [5, 5.41) is 2.40. The van der Waals surface area contributed by atoms with Crippen LogP contribution < -0.4 is 11.1 Å². The Bertz CT molecular complexity index is 589. The van der Waals surface area contributed by atoms with E-state index in [4.69, 9.17) is 10.5 Å². The smallest absolute Gasteiger partial charge is 0.334 e. The van der Waals surface area contributed by atoms with Gasteiger partial charge in [0.2, 0.25) is 5.91 Å². The lowest BCUT2D eigenvalue weighted by Gasteiger charge is -2.15. The largest absolute Gasteiger partial charge is 0.447 e. The van der Waals surface area contributed by atoms with Crippen molar-refractivity contribution >= 4 is 17.8 Å². The molecule has 0 rings (SSSR count). The molecule has 2 amide bonds. The summed E-state index contributed by atoms with van der Waals surface area (Å²) in [7, 11) is 0. The number of rotatable bonds is 24. The molecule has 0 radical (unpaired) electrons. The van der Waals surface area contributed by atoms with Crippen LogP contribution >= 0.6 is 0 Å². The lowest BCUT2D eigenvalue weighted by atomic mass is 10.0. The predicted octanol–water partition coefficient (Wildman–Crippen LogP) is 6.28. The molecule has 0 bridgehead atoms. The van der Waals surface area contributed by atoms with E-state index < -0.39 is 23.9 Å². The molecule has 3 N–H and O–H groups in total. The third-order valence-corrected chi connectivity index (χ3v) is 6.08. The second-order valence-corrected chi connectivity index (χ2v) is 9.26. The summed E-state index contributed by atoms with van der Waals surface area (Å²) in [6.45, 7) is 9.16. The molecule has 0 aromatic rings. The van der Waals surface area contributed by atoms with Crippen LogP contribution in [-0.2, 0) is 19.1 Å². The van der Waals surface area contributed by atoms with Crippen molar-refractivity contribution in [1.82, 2.24) is 5.32 Å². The van der Waals surface area contributed by atoms with Crippen LogP contribution in [0.15, 0.2) is 24.8 Å². The summed E-state index contributed by atoms with van der Waals surface area (Å²) in [5.41, 5.74) is 5.56. The first-order valence-corrected chi connectivity index (χ1v) is 13.5. The molecule has 0 saturated carbocycles. The average Bonchev–Trinajstić information content (AvgIpc) is 2.82. The van der Waals surface area contributed by atoms with Gasteiger partial charge in [0, 0.05) is 5.57 Å². The molecule has 0 aliphatic rings. The van der Waals surface area contributed by atoms with Crippen molar-refractivity contribution in [3.8, 4) is 0 Å². The molecule has 0 aromatic carbocycles. The molecular formula is C28H50N2O4. The minimum Gasteiger partial charge on any atom is -0.447 e. The number of carbonyl (C=O) groups is 3. The van der Waals surface area contributed by atoms with Gasteiger partial charge in [0.1, 0.15) is 0 Å². The van der Waals surface area contributed by atoms with Gasteiger partial charge < -0.3 is 15.8 Å². The zero-order valence-electron chi connectivity index (χ0n) is 21.7. The molecule has 6 nitrogen and oxygen atoms in total. The fourth-order valence-electron chi connectivity index (χ4n) is 3.84. The molecule has 0 aliphatic carbocycles. The molecule has 6 heteroatoms. The maximum Gasteiger partial charge on any atom is 0.334 e. The van der Waals surface area contributed by atoms with Crippen molar-refractivity contribution in [1.29, 1.82) is 0 Å². The standard InChI is InChI=1S/C28H50N2O4/c1-4-6-7-8-9-10-11-12-13-14-15-16-17-18-19-20-21-22-24(3)28(33)34-25(27(29)32)23-30-26(31)5-2/h5,25H,2-4,6-23H2,1H3,(H2,29,32)(H,30,31). The van der Waals surface area contributed by atoms with E-state index in [-0.39, 0.29) is 6.54 Å². The highest BCUT2D eigenvalue weighted by atomic mass is 16.5. The fourth-order valence-corrected chi connectivity index (χ4v) is 3.84. The number of hydrogen-bond acceptors (Lipinski definition) is 4. The van der Waals surface area contributed by atoms with E-state index in [1.165, 1.54) is 89.9 Å². The van der Waals surface area contributed by atoms with Crippen LogP contribution in [0.5, 0.6) is 0 Å². The molecule has 0 aromatic heterocycles. The normalized spacial score (nSPS) is 11.6. The number of carbonyl (C=O) groups excluding carboxylic acids is 3. The Labute approximate surface area is 208 Å². The molecular weight excluding hydrogens is 428 g/mol. The van der Waals surface area contributed by atoms with Crippen LogP contribution in [0.2, 0.25) is 0 Å². The third-order valence-electron chi connectivity index (χ3n) is 6.08. The van der Waals surface area contributed by atoms with Gasteiger partial charge >= 0.3 is 5.97 Å². The maximum absolute atomic E-state index is 12.1. The maximum atomic E-state index is 12.1. The lowest BCUT2D eigenvalue weighted by Crippen LogP contribution is -2.42. The first-order chi connectivity index (χ1) is 16.4. The molecule has 0 spiro atoms. The first-order valence-electron chi connectivity index (χ1n) is 13.5. The number of nitrogens with one attached hydrogen (secondary N) is 1. The molecule has 0 saturated heterocycles. The van der Waals surface area contributed by atoms with Gasteiger partial charge in [0.05, 0.1) is 6.54 Å². The van der Waals surface area contributed by atoms with Gasteiger partial charge in [0.25, 0.3) is 5.91 Å². The Morgan fingerprint density at radius 3 is 1.59 bits per heavy atom. The van der Waals surface area contributed by atoms with Crippen molar-refractivity contribution in [2.24, 2.45) is 5.73 Å². The molecule has 1 atom stereocenters. The summed E-state index contributed by atoms with van der Waals surface area (Å²) < 4.78 is 5.09. The van der Waals surface area contributed by atoms with Crippen LogP contribution in [0, 0.1) is 0 Å². The third kappa shape index (κ3) is 19.4. The van der Waals surface area contributed by atoms with Gasteiger partial charge in [-0.1, -0.05) is 123 Å². The monoisotopic (exact) mass is 478 g/mol. The van der Waals surface area contributed by atoms with Crippen LogP contribution in [0.4, 0.5) is 0 Å². The van der Waals surface area contributed by atoms with Crippen molar-refractivity contribution in [2.45, 2.75) is 129 Å². The molecule has 34 heavy (non-hydrogen) atoms. The summed E-state index contributed by atoms with van der Waals surface area (Å²) in [5.74, 6) is -1.93. The minimum atomic E-state index is -1.22. The average molecular weight is 479 g/mol. The zero-order chi connectivity index (χ0) is 25.4. The van der Waals surface area contributed by atoms with E-state index in [0.717, 1.165) is 25.3 Å². The van der Waals surface area contributed by atoms with E-state index in [2.05, 4.69) is 25.4 Å². The van der Waals surface area contributed by atoms with Crippen molar-refractivity contribution in [3.63, 3.8) is 0 Å². The van der Waals surface area contributed by atoms with E-state index >= 15 is 0 Å². The number of amides is 2. The van der Waals surface area contributed by atoms with Gasteiger partial charge in [-0.25, -0.2) is 4.79 Å². The fraction of sp³-hybridized carbons (Fsp3) is 0.750. The minimum absolute atomic E-state index is 0.182. The summed E-state index contributed by atoms with van der Waals surface area (Å²) >= 11 is 0. The first kappa shape index (κ1) is 31.9. The Balaban J connectivity index is 3.60. The number of primary amides is 1. The van der Waals surface area contributed by atoms with Gasteiger partial charge in [-0.05, 0) is 18.9 Å². The van der Waals surface area contributed by atoms with Crippen LogP contribution in [-0.4, -0.2) is 30.4 Å².